The molecule has 1 heterocycles. The number of hydrogen-bond acceptors (Lipinski definition) is 15. The molecule has 1 aromatic heterocycles. The Morgan fingerprint density at radius 1 is 0.982 bits per heavy atom. The molecule has 304 valence electrons. The van der Waals surface area contributed by atoms with Gasteiger partial charge in [0.2, 0.25) is 17.2 Å². The second-order valence-corrected chi connectivity index (χ2v) is 13.8. The fraction of sp³-hybridized carbons (Fsp3) is 0.400. The summed E-state index contributed by atoms with van der Waals surface area (Å²) in [5.74, 6) is -2.53. The number of nitro groups is 1. The summed E-state index contributed by atoms with van der Waals surface area (Å²) in [7, 11) is -4.10. The third-order valence-corrected chi connectivity index (χ3v) is 6.62. The van der Waals surface area contributed by atoms with E-state index in [1.807, 2.05) is 27.7 Å². The van der Waals surface area contributed by atoms with E-state index < -0.39 is 72.9 Å². The van der Waals surface area contributed by atoms with E-state index >= 15 is 0 Å². The number of nitrogens with one attached hydrogen (secondary N) is 3. The summed E-state index contributed by atoms with van der Waals surface area (Å²) in [4.78, 5) is 72.0. The first-order valence-corrected chi connectivity index (χ1v) is 18.0. The number of carbonyl (C=O) groups is 3. The van der Waals surface area contributed by atoms with Gasteiger partial charge >= 0.3 is 31.7 Å². The van der Waals surface area contributed by atoms with E-state index in [-0.39, 0.29) is 34.0 Å². The van der Waals surface area contributed by atoms with Gasteiger partial charge in [0.25, 0.3) is 5.69 Å². The van der Waals surface area contributed by atoms with Crippen molar-refractivity contribution in [3.05, 3.63) is 67.9 Å². The number of rotatable bonds is 14. The predicted molar refractivity (Wildman–Crippen MR) is 191 cm³/mol. The first-order valence-electron chi connectivity index (χ1n) is 15.4. The number of anilines is 2. The number of aliphatic carboxylic acids is 1. The lowest BCUT2D eigenvalue weighted by Gasteiger charge is -2.20. The first kappa shape index (κ1) is 48.2. The Balaban J connectivity index is 0.000000499. The number of carbonyl (C=O) groups excluding carboxylic acids is 2. The molecular weight excluding hydrogens is 809 g/mol. The molecule has 0 unspecified atom stereocenters. The number of carboxylic acids is 1. The Kier molecular flexibility index (Phi) is 19.2. The molecule has 0 aliphatic rings. The number of esters is 2. The minimum Gasteiger partial charge on any atom is -0.480 e. The van der Waals surface area contributed by atoms with Gasteiger partial charge in [0.15, 0.2) is 6.61 Å². The average Bonchev–Trinajstić information content (AvgIpc) is 3.03. The van der Waals surface area contributed by atoms with Crippen LogP contribution < -0.4 is 20.7 Å². The number of ether oxygens (including phenoxy) is 3. The van der Waals surface area contributed by atoms with E-state index in [2.05, 4.69) is 35.6 Å². The van der Waals surface area contributed by atoms with E-state index in [4.69, 9.17) is 47.6 Å². The lowest BCUT2D eigenvalue weighted by Crippen LogP contribution is -2.27. The van der Waals surface area contributed by atoms with Gasteiger partial charge in [0.1, 0.15) is 17.1 Å². The lowest BCUT2D eigenvalue weighted by atomic mass is 10.1. The van der Waals surface area contributed by atoms with Crippen molar-refractivity contribution in [1.29, 1.82) is 0 Å². The molecule has 3 rings (SSSR count). The Morgan fingerprint density at radius 2 is 1.62 bits per heavy atom. The Bertz CT molecular complexity index is 1850. The molecule has 55 heavy (non-hydrogen) atoms. The lowest BCUT2D eigenvalue weighted by molar-refractivity contribution is -0.385. The number of alkyl halides is 3. The number of aromatic nitrogens is 3. The molecule has 0 saturated carbocycles. The van der Waals surface area contributed by atoms with Crippen molar-refractivity contribution in [1.82, 2.24) is 20.3 Å². The number of nitrogens with zero attached hydrogens (tertiary/aromatic N) is 4. The maximum absolute atomic E-state index is 12.7. The zero-order valence-corrected chi connectivity index (χ0v) is 32.0. The molecule has 0 saturated heterocycles. The minimum atomic E-state index is -4.61. The largest absolute Gasteiger partial charge is 0.480 e. The van der Waals surface area contributed by atoms with Gasteiger partial charge in [-0.2, -0.15) is 28.1 Å². The van der Waals surface area contributed by atoms with Crippen molar-refractivity contribution < 1.29 is 66.1 Å². The van der Waals surface area contributed by atoms with E-state index in [0.29, 0.717) is 18.0 Å². The zero-order valence-electron chi connectivity index (χ0n) is 29.6. The smallest absolute Gasteiger partial charge is 0.416 e. The summed E-state index contributed by atoms with van der Waals surface area (Å²) in [6.07, 6.45) is -5.20. The molecule has 0 aliphatic carbocycles. The van der Waals surface area contributed by atoms with Gasteiger partial charge in [-0.1, -0.05) is 11.6 Å². The highest BCUT2D eigenvalue weighted by atomic mass is 35.5. The molecule has 0 aliphatic heterocycles. The maximum atomic E-state index is 12.7. The molecule has 25 heteroatoms. The minimum absolute atomic E-state index is 0.0493. The van der Waals surface area contributed by atoms with E-state index in [1.165, 1.54) is 6.92 Å². The van der Waals surface area contributed by atoms with Crippen LogP contribution in [0.15, 0.2) is 36.4 Å². The Morgan fingerprint density at radius 3 is 2.13 bits per heavy atom. The van der Waals surface area contributed by atoms with Gasteiger partial charge in [-0.3, -0.25) is 24.8 Å². The molecular formula is C30H37Cl2F3N7O12P. The van der Waals surface area contributed by atoms with Crippen molar-refractivity contribution in [3.63, 3.8) is 0 Å². The van der Waals surface area contributed by atoms with Crippen molar-refractivity contribution in [2.45, 2.75) is 46.3 Å². The van der Waals surface area contributed by atoms with Crippen LogP contribution in [0, 0.1) is 10.1 Å². The summed E-state index contributed by atoms with van der Waals surface area (Å²) in [6.45, 7) is 9.17. The quantitative estimate of drug-likeness (QED) is 0.0488. The third kappa shape index (κ3) is 19.9. The van der Waals surface area contributed by atoms with Gasteiger partial charge < -0.3 is 39.7 Å². The second-order valence-electron chi connectivity index (χ2n) is 11.4. The highest BCUT2D eigenvalue weighted by Gasteiger charge is 2.31. The average molecular weight is 847 g/mol. The fourth-order valence-corrected chi connectivity index (χ4v) is 4.26. The fourth-order valence-electron chi connectivity index (χ4n) is 3.48. The van der Waals surface area contributed by atoms with Crippen LogP contribution in [0.3, 0.4) is 0 Å². The van der Waals surface area contributed by atoms with Crippen LogP contribution >= 0.6 is 30.8 Å². The monoisotopic (exact) mass is 845 g/mol. The van der Waals surface area contributed by atoms with Crippen molar-refractivity contribution in [2.24, 2.45) is 0 Å². The van der Waals surface area contributed by atoms with Crippen molar-refractivity contribution in [2.75, 3.05) is 43.2 Å². The summed E-state index contributed by atoms with van der Waals surface area (Å²) in [5, 5.41) is 27.2. The van der Waals surface area contributed by atoms with Gasteiger partial charge in [-0.25, -0.2) is 9.59 Å². The molecule has 0 bridgehead atoms. The maximum Gasteiger partial charge on any atom is 0.416 e. The van der Waals surface area contributed by atoms with Crippen molar-refractivity contribution in [3.8, 4) is 11.5 Å². The third-order valence-electron chi connectivity index (χ3n) is 5.52. The van der Waals surface area contributed by atoms with Crippen LogP contribution in [-0.4, -0.2) is 90.8 Å². The molecule has 2 aromatic carbocycles. The van der Waals surface area contributed by atoms with Crippen LogP contribution in [-0.2, 0) is 29.8 Å². The molecule has 0 atom stereocenters. The van der Waals surface area contributed by atoms with E-state index in [0.717, 1.165) is 36.9 Å². The van der Waals surface area contributed by atoms with E-state index in [1.54, 1.807) is 0 Å². The van der Waals surface area contributed by atoms with Gasteiger partial charge in [-0.15, -0.1) is 0 Å². The molecule has 0 spiro atoms. The normalized spacial score (nSPS) is 11.1. The van der Waals surface area contributed by atoms with Gasteiger partial charge in [0.05, 0.1) is 34.9 Å². The summed E-state index contributed by atoms with van der Waals surface area (Å²) in [5.41, 5.74) is -2.26. The van der Waals surface area contributed by atoms with Crippen LogP contribution in [0.2, 0.25) is 10.3 Å². The number of carboxylic acid groups (broad SMARTS) is 1. The van der Waals surface area contributed by atoms with Crippen LogP contribution in [0.4, 0.5) is 30.8 Å². The van der Waals surface area contributed by atoms with Gasteiger partial charge in [0, 0.05) is 24.2 Å². The molecule has 3 aromatic rings. The molecule has 0 fully saturated rings. The number of hydrogen-bond donors (Lipinski definition) is 6. The standard InChI is InChI=1S/C18H13ClF3NO7.C9H16ClN5.C3H8NO5P/c1-2-28-16(24)9-29-17(25)12-8-11(4-5-14(12)23(26)27)30-15-6-3-10(7-13(15)19)18(20,21)22;1-5-11-7-12-6(10)13-8(14-7)15-9(2,3)4;5-3(6)1-4-2-10(7,8)9/h3-8H,2,9H2,1H3;5H2,1-4H3,(H2,11,12,13,14,15);4H,1-2H2,(H,5,6)(H2,7,8,9). The van der Waals surface area contributed by atoms with E-state index in [9.17, 15) is 42.2 Å². The Labute approximate surface area is 321 Å². The van der Waals surface area contributed by atoms with Crippen molar-refractivity contribution >= 4 is 66.3 Å². The number of halogens is 5. The summed E-state index contributed by atoms with van der Waals surface area (Å²) < 4.78 is 62.8. The summed E-state index contributed by atoms with van der Waals surface area (Å²) in [6, 6.07) is 5.35. The highest BCUT2D eigenvalue weighted by Crippen LogP contribution is 2.37. The zero-order chi connectivity index (χ0) is 42.1. The number of benzene rings is 2. The molecule has 0 amide bonds. The highest BCUT2D eigenvalue weighted by molar-refractivity contribution is 7.51. The van der Waals surface area contributed by atoms with Crippen LogP contribution in [0.1, 0.15) is 50.5 Å². The van der Waals surface area contributed by atoms with Gasteiger partial charge in [-0.05, 0) is 70.5 Å². The predicted octanol–water partition coefficient (Wildman–Crippen LogP) is 5.74. The number of nitro benzene ring substituents is 1. The molecule has 6 N–H and O–H groups in total. The van der Waals surface area contributed by atoms with Crippen LogP contribution in [0.5, 0.6) is 11.5 Å². The molecule has 0 radical (unpaired) electrons. The summed E-state index contributed by atoms with van der Waals surface area (Å²) >= 11 is 11.6. The molecule has 19 nitrogen and oxygen atoms in total. The SMILES string of the molecule is CCNc1nc(Cl)nc(NC(C)(C)C)n1.CCOC(=O)COC(=O)c1cc(Oc2ccc(C(F)(F)F)cc2Cl)ccc1[N+](=O)[O-].O=C(O)CNCP(=O)(O)O. The van der Waals surface area contributed by atoms with Crippen LogP contribution in [0.25, 0.3) is 0 Å². The topological polar surface area (TPSA) is 275 Å². The first-order chi connectivity index (χ1) is 25.3. The Hall–Kier alpha value is -4.86. The second kappa shape index (κ2) is 21.9.